The summed E-state index contributed by atoms with van der Waals surface area (Å²) in [5.41, 5.74) is 0. The summed E-state index contributed by atoms with van der Waals surface area (Å²) in [6, 6.07) is 0.746. The van der Waals surface area contributed by atoms with Crippen LogP contribution in [0.1, 0.15) is 20.3 Å². The summed E-state index contributed by atoms with van der Waals surface area (Å²) in [6.45, 7) is 9.59. The van der Waals surface area contributed by atoms with Crippen molar-refractivity contribution >= 4 is 0 Å². The van der Waals surface area contributed by atoms with Crippen molar-refractivity contribution in [2.24, 2.45) is 0 Å². The maximum atomic E-state index is 2.56. The van der Waals surface area contributed by atoms with Gasteiger partial charge in [-0.1, -0.05) is 6.92 Å². The van der Waals surface area contributed by atoms with Crippen LogP contribution in [0.3, 0.4) is 0 Å². The van der Waals surface area contributed by atoms with Crippen LogP contribution in [0.5, 0.6) is 0 Å². The van der Waals surface area contributed by atoms with E-state index >= 15 is 0 Å². The number of hydrogen-bond acceptors (Lipinski definition) is 2. The lowest BCUT2D eigenvalue weighted by atomic mass is 10.2. The van der Waals surface area contributed by atoms with Crippen molar-refractivity contribution in [3.05, 3.63) is 0 Å². The third kappa shape index (κ3) is 2.46. The molecule has 2 nitrogen and oxygen atoms in total. The molecule has 0 amide bonds. The Bertz CT molecular complexity index is 114. The first-order valence-electron chi connectivity index (χ1n) is 4.66. The average molecular weight is 156 g/mol. The molecule has 0 aromatic rings. The highest BCUT2D eigenvalue weighted by Gasteiger charge is 2.18. The molecule has 0 aliphatic carbocycles. The summed E-state index contributed by atoms with van der Waals surface area (Å²) < 4.78 is 0. The molecule has 0 radical (unpaired) electrons. The average Bonchev–Trinajstić information content (AvgIpc) is 1.98. The van der Waals surface area contributed by atoms with Crippen LogP contribution in [0.2, 0.25) is 0 Å². The molecular weight excluding hydrogens is 136 g/mol. The molecule has 0 aromatic carbocycles. The summed E-state index contributed by atoms with van der Waals surface area (Å²) in [5.74, 6) is 0. The lowest BCUT2D eigenvalue weighted by molar-refractivity contribution is 0.105. The van der Waals surface area contributed by atoms with Crippen molar-refractivity contribution in [1.82, 2.24) is 9.80 Å². The van der Waals surface area contributed by atoms with E-state index in [0.717, 1.165) is 6.04 Å². The summed E-state index contributed by atoms with van der Waals surface area (Å²) in [7, 11) is 2.22. The number of likely N-dealkylation sites (N-methyl/N-ethyl adjacent to an activating group) is 1. The van der Waals surface area contributed by atoms with Gasteiger partial charge in [0.25, 0.3) is 0 Å². The van der Waals surface area contributed by atoms with Crippen molar-refractivity contribution in [3.63, 3.8) is 0 Å². The van der Waals surface area contributed by atoms with E-state index in [0.29, 0.717) is 0 Å². The normalized spacial score (nSPS) is 29.2. The first kappa shape index (κ1) is 9.01. The van der Waals surface area contributed by atoms with E-state index in [9.17, 15) is 0 Å². The van der Waals surface area contributed by atoms with Gasteiger partial charge in [0.15, 0.2) is 0 Å². The zero-order valence-corrected chi connectivity index (χ0v) is 8.01. The Morgan fingerprint density at radius 2 is 2.09 bits per heavy atom. The van der Waals surface area contributed by atoms with Crippen LogP contribution in [-0.4, -0.2) is 49.1 Å². The van der Waals surface area contributed by atoms with Crippen molar-refractivity contribution in [2.45, 2.75) is 26.3 Å². The molecular formula is C9H20N2. The van der Waals surface area contributed by atoms with E-state index in [1.54, 1.807) is 0 Å². The molecule has 0 aromatic heterocycles. The second-order valence-electron chi connectivity index (χ2n) is 3.63. The standard InChI is InChI=1S/C9H20N2/c1-4-5-11-7-6-10(3)9(2)8-11/h9H,4-8H2,1-3H3/t9-/m0/s1. The predicted octanol–water partition coefficient (Wildman–Crippen LogP) is 1.03. The quantitative estimate of drug-likeness (QED) is 0.589. The lowest BCUT2D eigenvalue weighted by Crippen LogP contribution is -2.50. The Balaban J connectivity index is 2.28. The molecule has 1 saturated heterocycles. The van der Waals surface area contributed by atoms with Crippen LogP contribution < -0.4 is 0 Å². The summed E-state index contributed by atoms with van der Waals surface area (Å²) in [6.07, 6.45) is 1.29. The highest BCUT2D eigenvalue weighted by molar-refractivity contribution is 4.75. The summed E-state index contributed by atoms with van der Waals surface area (Å²) in [4.78, 5) is 5.00. The van der Waals surface area contributed by atoms with Gasteiger partial charge in [-0.2, -0.15) is 0 Å². The minimum absolute atomic E-state index is 0.746. The Kier molecular flexibility index (Phi) is 3.34. The smallest absolute Gasteiger partial charge is 0.0192 e. The van der Waals surface area contributed by atoms with Crippen LogP contribution >= 0.6 is 0 Å². The molecule has 0 bridgehead atoms. The lowest BCUT2D eigenvalue weighted by Gasteiger charge is -2.37. The Labute approximate surface area is 70.2 Å². The van der Waals surface area contributed by atoms with Crippen LogP contribution in [0.4, 0.5) is 0 Å². The fourth-order valence-corrected chi connectivity index (χ4v) is 1.64. The summed E-state index contributed by atoms with van der Waals surface area (Å²) in [5, 5.41) is 0. The highest BCUT2D eigenvalue weighted by atomic mass is 15.3. The van der Waals surface area contributed by atoms with Crippen molar-refractivity contribution in [1.29, 1.82) is 0 Å². The van der Waals surface area contributed by atoms with Gasteiger partial charge in [0.05, 0.1) is 0 Å². The second-order valence-corrected chi connectivity index (χ2v) is 3.63. The Morgan fingerprint density at radius 3 is 2.64 bits per heavy atom. The zero-order chi connectivity index (χ0) is 8.27. The van der Waals surface area contributed by atoms with Crippen LogP contribution in [0.25, 0.3) is 0 Å². The van der Waals surface area contributed by atoms with Gasteiger partial charge in [0.2, 0.25) is 0 Å². The minimum Gasteiger partial charge on any atom is -0.301 e. The zero-order valence-electron chi connectivity index (χ0n) is 8.01. The fraction of sp³-hybridized carbons (Fsp3) is 1.00. The number of nitrogens with zero attached hydrogens (tertiary/aromatic N) is 2. The molecule has 66 valence electrons. The molecule has 0 saturated carbocycles. The third-order valence-electron chi connectivity index (χ3n) is 2.58. The van der Waals surface area contributed by atoms with Gasteiger partial charge < -0.3 is 9.80 Å². The second kappa shape index (κ2) is 4.07. The van der Waals surface area contributed by atoms with Gasteiger partial charge in [-0.05, 0) is 26.9 Å². The van der Waals surface area contributed by atoms with Gasteiger partial charge in [-0.3, -0.25) is 0 Å². The van der Waals surface area contributed by atoms with E-state index < -0.39 is 0 Å². The maximum Gasteiger partial charge on any atom is 0.0192 e. The Hall–Kier alpha value is -0.0800. The maximum absolute atomic E-state index is 2.56. The van der Waals surface area contributed by atoms with E-state index in [1.165, 1.54) is 32.6 Å². The third-order valence-corrected chi connectivity index (χ3v) is 2.58. The number of hydrogen-bond donors (Lipinski definition) is 0. The summed E-state index contributed by atoms with van der Waals surface area (Å²) >= 11 is 0. The Morgan fingerprint density at radius 1 is 1.36 bits per heavy atom. The molecule has 1 heterocycles. The van der Waals surface area contributed by atoms with Gasteiger partial charge >= 0.3 is 0 Å². The van der Waals surface area contributed by atoms with Gasteiger partial charge in [0, 0.05) is 25.7 Å². The van der Waals surface area contributed by atoms with Crippen molar-refractivity contribution in [3.8, 4) is 0 Å². The molecule has 0 N–H and O–H groups in total. The fourth-order valence-electron chi connectivity index (χ4n) is 1.64. The van der Waals surface area contributed by atoms with Gasteiger partial charge in [-0.25, -0.2) is 0 Å². The number of piperazine rings is 1. The number of rotatable bonds is 2. The van der Waals surface area contributed by atoms with E-state index in [-0.39, 0.29) is 0 Å². The molecule has 1 aliphatic rings. The molecule has 1 atom stereocenters. The molecule has 1 rings (SSSR count). The van der Waals surface area contributed by atoms with Gasteiger partial charge in [-0.15, -0.1) is 0 Å². The largest absolute Gasteiger partial charge is 0.301 e. The predicted molar refractivity (Wildman–Crippen MR) is 48.8 cm³/mol. The topological polar surface area (TPSA) is 6.48 Å². The van der Waals surface area contributed by atoms with E-state index in [2.05, 4.69) is 30.7 Å². The van der Waals surface area contributed by atoms with E-state index in [4.69, 9.17) is 0 Å². The molecule has 0 unspecified atom stereocenters. The van der Waals surface area contributed by atoms with Gasteiger partial charge in [0.1, 0.15) is 0 Å². The van der Waals surface area contributed by atoms with Crippen LogP contribution in [0, 0.1) is 0 Å². The van der Waals surface area contributed by atoms with Crippen LogP contribution in [0.15, 0.2) is 0 Å². The molecule has 0 spiro atoms. The molecule has 1 aliphatic heterocycles. The first-order chi connectivity index (χ1) is 5.24. The monoisotopic (exact) mass is 156 g/mol. The molecule has 11 heavy (non-hydrogen) atoms. The first-order valence-corrected chi connectivity index (χ1v) is 4.66. The van der Waals surface area contributed by atoms with Crippen molar-refractivity contribution in [2.75, 3.05) is 33.2 Å². The molecule has 2 heteroatoms. The minimum atomic E-state index is 0.746. The van der Waals surface area contributed by atoms with Crippen molar-refractivity contribution < 1.29 is 0 Å². The molecule has 1 fully saturated rings. The van der Waals surface area contributed by atoms with Crippen LogP contribution in [-0.2, 0) is 0 Å². The van der Waals surface area contributed by atoms with E-state index in [1.807, 2.05) is 0 Å². The SMILES string of the molecule is CCCN1CCN(C)[C@@H](C)C1. The highest BCUT2D eigenvalue weighted by Crippen LogP contribution is 2.06.